The van der Waals surface area contributed by atoms with Gasteiger partial charge in [-0.1, -0.05) is 103 Å². The van der Waals surface area contributed by atoms with E-state index in [-0.39, 0.29) is 42.9 Å². The van der Waals surface area contributed by atoms with Gasteiger partial charge in [-0.15, -0.1) is 54.1 Å². The number of para-hydroxylation sites is 3. The van der Waals surface area contributed by atoms with Crippen molar-refractivity contribution in [2.24, 2.45) is 0 Å². The van der Waals surface area contributed by atoms with Crippen molar-refractivity contribution in [1.82, 2.24) is 24.5 Å². The van der Waals surface area contributed by atoms with Gasteiger partial charge < -0.3 is 17.8 Å². The van der Waals surface area contributed by atoms with Crippen molar-refractivity contribution in [3.8, 4) is 28.5 Å². The number of pyridine rings is 1. The first-order valence-electron chi connectivity index (χ1n) is 23.5. The second-order valence-corrected chi connectivity index (χ2v) is 18.2. The standard InChI is InChI=1S/C43H32N3O3.C14H15N2.Ir/c1-22(2)29-20-30-25-13-6-8-18-33(25)47-41(30)36(23(3)4)39(29)46-38-24(5)12-10-17-32(38)44-42(46)28-16-11-15-27-37-35(48-40(27)28)21-31-26-14-7-9-19-34(26)49-43(31)45-37;1-14(2,3)12-9-10-15-13(16-12)11-7-5-4-6-8-11;/h6-15,17-23H,1-5H3;4-7,9-10H,1-3H3;/q2*-1;/i5D3;;. The second kappa shape index (κ2) is 16.5. The number of imidazole rings is 1. The fraction of sp³-hybridized carbons (Fsp3) is 0.193. The topological polar surface area (TPSA) is 95.9 Å². The van der Waals surface area contributed by atoms with E-state index in [0.717, 1.165) is 77.6 Å². The van der Waals surface area contributed by atoms with Crippen molar-refractivity contribution in [1.29, 1.82) is 0 Å². The van der Waals surface area contributed by atoms with Crippen LogP contribution in [-0.2, 0) is 25.5 Å². The van der Waals surface area contributed by atoms with Gasteiger partial charge in [0.2, 0.25) is 5.71 Å². The van der Waals surface area contributed by atoms with Crippen LogP contribution >= 0.6 is 0 Å². The maximum absolute atomic E-state index is 8.66. The molecule has 12 aromatic rings. The number of hydrogen-bond donors (Lipinski definition) is 0. The fourth-order valence-corrected chi connectivity index (χ4v) is 9.03. The van der Waals surface area contributed by atoms with Crippen LogP contribution in [0.25, 0.3) is 106 Å². The van der Waals surface area contributed by atoms with Crippen LogP contribution in [0.4, 0.5) is 0 Å². The third-order valence-corrected chi connectivity index (χ3v) is 12.2. The Bertz CT molecular complexity index is 3910. The summed E-state index contributed by atoms with van der Waals surface area (Å²) >= 11 is 0. The van der Waals surface area contributed by atoms with Crippen molar-refractivity contribution in [3.05, 3.63) is 162 Å². The molecule has 0 aliphatic rings. The molecule has 0 unspecified atom stereocenters. The summed E-state index contributed by atoms with van der Waals surface area (Å²) in [4.78, 5) is 19.0. The number of fused-ring (bicyclic) bond motifs is 10. The summed E-state index contributed by atoms with van der Waals surface area (Å²) in [6.45, 7) is 12.7. The summed E-state index contributed by atoms with van der Waals surface area (Å²) in [5.41, 5.74) is 11.5. The number of benzene rings is 6. The van der Waals surface area contributed by atoms with Crippen LogP contribution in [0.3, 0.4) is 0 Å². The number of furan rings is 3. The van der Waals surface area contributed by atoms with Gasteiger partial charge in [0, 0.05) is 68.9 Å². The van der Waals surface area contributed by atoms with Crippen LogP contribution in [0.5, 0.6) is 0 Å². The molecule has 1 radical (unpaired) electrons. The smallest absolute Gasteiger partial charge is 0.228 e. The van der Waals surface area contributed by atoms with Crippen LogP contribution in [-0.4, -0.2) is 24.5 Å². The Balaban J connectivity index is 0.000000277. The first kappa shape index (κ1) is 39.4. The van der Waals surface area contributed by atoms with Crippen molar-refractivity contribution in [2.75, 3.05) is 0 Å². The van der Waals surface area contributed by atoms with Gasteiger partial charge in [-0.05, 0) is 71.6 Å². The maximum atomic E-state index is 8.66. The number of aryl methyl sites for hydroxylation is 1. The second-order valence-electron chi connectivity index (χ2n) is 18.2. The predicted molar refractivity (Wildman–Crippen MR) is 263 cm³/mol. The predicted octanol–water partition coefficient (Wildman–Crippen LogP) is 15.4. The van der Waals surface area contributed by atoms with Crippen LogP contribution in [0, 0.1) is 19.0 Å². The van der Waals surface area contributed by atoms with Crippen LogP contribution < -0.4 is 0 Å². The first-order chi connectivity index (χ1) is 32.7. The van der Waals surface area contributed by atoms with E-state index in [1.54, 1.807) is 12.1 Å². The molecular weight excluding hydrogens is 995 g/mol. The van der Waals surface area contributed by atoms with Crippen LogP contribution in [0.2, 0.25) is 0 Å². The zero-order valence-corrected chi connectivity index (χ0v) is 40.0. The summed E-state index contributed by atoms with van der Waals surface area (Å²) in [6, 6.07) is 45.5. The zero-order valence-electron chi connectivity index (χ0n) is 40.6. The van der Waals surface area contributed by atoms with E-state index in [1.165, 1.54) is 0 Å². The molecule has 6 aromatic heterocycles. The molecule has 0 aliphatic carbocycles. The monoisotopic (exact) mass is 1050 g/mol. The molecule has 329 valence electrons. The first-order valence-corrected chi connectivity index (χ1v) is 22.0. The van der Waals surface area contributed by atoms with E-state index in [4.69, 9.17) is 27.3 Å². The van der Waals surface area contributed by atoms with Crippen LogP contribution in [0.15, 0.2) is 141 Å². The molecule has 0 N–H and O–H groups in total. The molecule has 0 aliphatic heterocycles. The average Bonchev–Trinajstić information content (AvgIpc) is 4.09. The molecule has 0 amide bonds. The Hall–Kier alpha value is -6.93. The Morgan fingerprint density at radius 2 is 1.39 bits per heavy atom. The van der Waals surface area contributed by atoms with Crippen molar-refractivity contribution in [2.45, 2.75) is 72.6 Å². The molecular formula is C57H47IrN5O3-2. The van der Waals surface area contributed by atoms with Gasteiger partial charge >= 0.3 is 0 Å². The Labute approximate surface area is 400 Å². The van der Waals surface area contributed by atoms with Gasteiger partial charge in [0.05, 0.1) is 33.7 Å². The molecule has 8 nitrogen and oxygen atoms in total. The summed E-state index contributed by atoms with van der Waals surface area (Å²) in [5, 5.41) is 4.67. The quantitative estimate of drug-likeness (QED) is 0.158. The van der Waals surface area contributed by atoms with Crippen LogP contribution in [0.1, 0.15) is 86.8 Å². The molecule has 66 heavy (non-hydrogen) atoms. The zero-order chi connectivity index (χ0) is 47.2. The largest absolute Gasteiger partial charge is 0.499 e. The van der Waals surface area contributed by atoms with Gasteiger partial charge in [0.25, 0.3) is 0 Å². The van der Waals surface area contributed by atoms with E-state index in [9.17, 15) is 0 Å². The van der Waals surface area contributed by atoms with E-state index in [2.05, 4.69) is 82.7 Å². The van der Waals surface area contributed by atoms with Gasteiger partial charge in [0.15, 0.2) is 0 Å². The molecule has 0 saturated heterocycles. The SMILES string of the molecule is CC(C)(C)c1ccnc(-c2[c-]cccc2)n1.[2H]C([2H])([2H])c1cccc2nc(-c3[c-]ccc4c3oc3cc5c(nc34)oc3ccccc35)n(-c3c(C(C)C)cc4c(oc5ccccc54)c3C(C)C)c12.[Ir]. The van der Waals surface area contributed by atoms with Gasteiger partial charge in [-0.25, -0.2) is 4.98 Å². The molecule has 0 saturated carbocycles. The van der Waals surface area contributed by atoms with Gasteiger partial charge in [-0.2, -0.15) is 0 Å². The van der Waals surface area contributed by atoms with Crippen molar-refractivity contribution < 1.29 is 37.5 Å². The Kier molecular flexibility index (Phi) is 9.86. The summed E-state index contributed by atoms with van der Waals surface area (Å²) in [6.07, 6.45) is 1.81. The number of hydrogen-bond acceptors (Lipinski definition) is 7. The number of aromatic nitrogens is 5. The number of nitrogens with zero attached hydrogens (tertiary/aromatic N) is 5. The van der Waals surface area contributed by atoms with E-state index < -0.39 is 6.85 Å². The maximum Gasteiger partial charge on any atom is 0.228 e. The normalized spacial score (nSPS) is 13.0. The van der Waals surface area contributed by atoms with Crippen molar-refractivity contribution >= 4 is 77.1 Å². The molecule has 12 rings (SSSR count). The van der Waals surface area contributed by atoms with E-state index in [0.29, 0.717) is 44.8 Å². The molecule has 9 heteroatoms. The molecule has 0 spiro atoms. The minimum absolute atomic E-state index is 0. The van der Waals surface area contributed by atoms with Gasteiger partial charge in [0.1, 0.15) is 27.8 Å². The summed E-state index contributed by atoms with van der Waals surface area (Å²) < 4.78 is 47.5. The Morgan fingerprint density at radius 1 is 0.652 bits per heavy atom. The molecule has 0 fully saturated rings. The van der Waals surface area contributed by atoms with Crippen molar-refractivity contribution in [3.63, 3.8) is 0 Å². The van der Waals surface area contributed by atoms with E-state index in [1.807, 2.05) is 108 Å². The molecule has 0 atom stereocenters. The average molecular weight is 1050 g/mol. The number of rotatable bonds is 5. The van der Waals surface area contributed by atoms with Gasteiger partial charge in [-0.3, -0.25) is 15.0 Å². The third-order valence-electron chi connectivity index (χ3n) is 12.2. The minimum atomic E-state index is -2.41. The molecule has 6 aromatic carbocycles. The van der Waals surface area contributed by atoms with E-state index >= 15 is 0 Å². The summed E-state index contributed by atoms with van der Waals surface area (Å²) in [5.74, 6) is 1.33. The molecule has 6 heterocycles. The fourth-order valence-electron chi connectivity index (χ4n) is 9.03. The molecule has 0 bridgehead atoms. The third kappa shape index (κ3) is 7.09. The summed E-state index contributed by atoms with van der Waals surface area (Å²) in [7, 11) is 0. The minimum Gasteiger partial charge on any atom is -0.499 e. The Morgan fingerprint density at radius 3 is 2.12 bits per heavy atom.